The van der Waals surface area contributed by atoms with Gasteiger partial charge in [0.05, 0.1) is 6.61 Å². The number of guanidine groups is 1. The smallest absolute Gasteiger partial charge is 0.257 e. The predicted octanol–water partition coefficient (Wildman–Crippen LogP) is -0.528. The zero-order valence-corrected chi connectivity index (χ0v) is 8.13. The van der Waals surface area contributed by atoms with E-state index in [1.54, 1.807) is 7.11 Å². The molecule has 1 aliphatic heterocycles. The normalized spacial score (nSPS) is 27.7. The summed E-state index contributed by atoms with van der Waals surface area (Å²) >= 11 is 0. The van der Waals surface area contributed by atoms with E-state index in [2.05, 4.69) is 10.3 Å². The van der Waals surface area contributed by atoms with Gasteiger partial charge >= 0.3 is 0 Å². The first kappa shape index (κ1) is 9.98. The Balaban J connectivity index is 2.96. The van der Waals surface area contributed by atoms with Gasteiger partial charge < -0.3 is 10.5 Å². The highest BCUT2D eigenvalue weighted by molar-refractivity contribution is 6.07. The predicted molar refractivity (Wildman–Crippen MR) is 49.2 cm³/mol. The van der Waals surface area contributed by atoms with Crippen LogP contribution in [0.25, 0.3) is 0 Å². The number of rotatable bonds is 3. The number of hydrogen-bond donors (Lipinski definition) is 2. The Morgan fingerprint density at radius 2 is 2.31 bits per heavy atom. The van der Waals surface area contributed by atoms with Crippen LogP contribution in [-0.4, -0.2) is 31.1 Å². The number of aliphatic imine (C=N–C) groups is 1. The zero-order valence-electron chi connectivity index (χ0n) is 8.13. The van der Waals surface area contributed by atoms with Crippen LogP contribution in [-0.2, 0) is 9.53 Å². The molecule has 0 saturated carbocycles. The molecule has 1 rings (SSSR count). The van der Waals surface area contributed by atoms with Gasteiger partial charge in [-0.05, 0) is 5.92 Å². The summed E-state index contributed by atoms with van der Waals surface area (Å²) in [4.78, 5) is 15.7. The van der Waals surface area contributed by atoms with Crippen LogP contribution in [0, 0.1) is 5.92 Å². The summed E-state index contributed by atoms with van der Waals surface area (Å²) in [5, 5.41) is 2.48. The minimum atomic E-state index is -0.834. The average Bonchev–Trinajstić information content (AvgIpc) is 2.28. The van der Waals surface area contributed by atoms with E-state index in [9.17, 15) is 4.79 Å². The molecule has 0 aromatic rings. The van der Waals surface area contributed by atoms with Gasteiger partial charge in [-0.15, -0.1) is 0 Å². The Labute approximate surface area is 77.3 Å². The third-order valence-electron chi connectivity index (χ3n) is 2.27. The van der Waals surface area contributed by atoms with E-state index < -0.39 is 5.54 Å². The van der Waals surface area contributed by atoms with Crippen molar-refractivity contribution in [3.8, 4) is 0 Å². The van der Waals surface area contributed by atoms with Crippen molar-refractivity contribution in [2.45, 2.75) is 19.4 Å². The summed E-state index contributed by atoms with van der Waals surface area (Å²) in [5.74, 6) is 0.0612. The zero-order chi connectivity index (χ0) is 10.1. The van der Waals surface area contributed by atoms with E-state index in [1.165, 1.54) is 0 Å². The van der Waals surface area contributed by atoms with Crippen LogP contribution >= 0.6 is 0 Å². The van der Waals surface area contributed by atoms with E-state index in [1.807, 2.05) is 13.8 Å². The third kappa shape index (κ3) is 1.51. The quantitative estimate of drug-likeness (QED) is 0.620. The summed E-state index contributed by atoms with van der Waals surface area (Å²) in [6.07, 6.45) is 0. The van der Waals surface area contributed by atoms with Crippen LogP contribution in [0.2, 0.25) is 0 Å². The second kappa shape index (κ2) is 3.33. The van der Waals surface area contributed by atoms with E-state index in [0.29, 0.717) is 0 Å². The number of nitrogens with two attached hydrogens (primary N) is 1. The van der Waals surface area contributed by atoms with Gasteiger partial charge in [0, 0.05) is 7.11 Å². The van der Waals surface area contributed by atoms with Crippen molar-refractivity contribution in [2.75, 3.05) is 13.7 Å². The molecule has 5 nitrogen and oxygen atoms in total. The topological polar surface area (TPSA) is 76.7 Å². The lowest BCUT2D eigenvalue weighted by molar-refractivity contribution is -0.127. The molecular formula is C8H15N3O2. The van der Waals surface area contributed by atoms with Crippen molar-refractivity contribution >= 4 is 11.9 Å². The molecule has 1 heterocycles. The number of amides is 1. The van der Waals surface area contributed by atoms with Gasteiger partial charge in [0.15, 0.2) is 11.5 Å². The standard InChI is InChI=1S/C8H15N3O2/c1-5(2)8(4-13-3)6(12)10-7(9)11-8/h5H,4H2,1-3H3,(H3,9,10,11,12). The summed E-state index contributed by atoms with van der Waals surface area (Å²) < 4.78 is 4.99. The maximum atomic E-state index is 11.6. The highest BCUT2D eigenvalue weighted by Crippen LogP contribution is 2.25. The Bertz CT molecular complexity index is 250. The summed E-state index contributed by atoms with van der Waals surface area (Å²) in [5.41, 5.74) is 4.60. The SMILES string of the molecule is COCC1(C(C)C)N=C(N)NC1=O. The Kier molecular flexibility index (Phi) is 2.56. The highest BCUT2D eigenvalue weighted by atomic mass is 16.5. The second-order valence-corrected chi connectivity index (χ2v) is 3.46. The molecule has 0 aromatic heterocycles. The number of nitrogens with one attached hydrogen (secondary N) is 1. The summed E-state index contributed by atoms with van der Waals surface area (Å²) in [6.45, 7) is 4.10. The molecule has 0 spiro atoms. The number of carbonyl (C=O) groups excluding carboxylic acids is 1. The fourth-order valence-electron chi connectivity index (χ4n) is 1.39. The van der Waals surface area contributed by atoms with Crippen molar-refractivity contribution in [1.82, 2.24) is 5.32 Å². The molecule has 1 atom stereocenters. The number of methoxy groups -OCH3 is 1. The van der Waals surface area contributed by atoms with E-state index >= 15 is 0 Å². The lowest BCUT2D eigenvalue weighted by atomic mass is 9.88. The van der Waals surface area contributed by atoms with Crippen molar-refractivity contribution in [3.05, 3.63) is 0 Å². The first-order valence-corrected chi connectivity index (χ1v) is 4.18. The number of nitrogens with zero attached hydrogens (tertiary/aromatic N) is 1. The van der Waals surface area contributed by atoms with Crippen LogP contribution in [0.5, 0.6) is 0 Å². The van der Waals surface area contributed by atoms with E-state index in [-0.39, 0.29) is 24.4 Å². The van der Waals surface area contributed by atoms with Gasteiger partial charge in [-0.1, -0.05) is 13.8 Å². The van der Waals surface area contributed by atoms with Gasteiger partial charge in [0.1, 0.15) is 0 Å². The lowest BCUT2D eigenvalue weighted by Gasteiger charge is -2.26. The molecule has 0 saturated heterocycles. The van der Waals surface area contributed by atoms with Crippen LogP contribution in [0.4, 0.5) is 0 Å². The Morgan fingerprint density at radius 1 is 1.69 bits per heavy atom. The molecule has 74 valence electrons. The van der Waals surface area contributed by atoms with Gasteiger partial charge in [-0.25, -0.2) is 4.99 Å². The fourth-order valence-corrected chi connectivity index (χ4v) is 1.39. The highest BCUT2D eigenvalue weighted by Gasteiger charge is 2.45. The molecular weight excluding hydrogens is 170 g/mol. The lowest BCUT2D eigenvalue weighted by Crippen LogP contribution is -2.47. The number of hydrogen-bond acceptors (Lipinski definition) is 4. The Morgan fingerprint density at radius 3 is 2.62 bits per heavy atom. The second-order valence-electron chi connectivity index (χ2n) is 3.46. The van der Waals surface area contributed by atoms with Crippen molar-refractivity contribution < 1.29 is 9.53 Å². The largest absolute Gasteiger partial charge is 0.382 e. The molecule has 0 bridgehead atoms. The maximum Gasteiger partial charge on any atom is 0.257 e. The molecule has 1 unspecified atom stereocenters. The third-order valence-corrected chi connectivity index (χ3v) is 2.27. The Hall–Kier alpha value is -1.10. The molecule has 1 amide bonds. The van der Waals surface area contributed by atoms with E-state index in [0.717, 1.165) is 0 Å². The fraction of sp³-hybridized carbons (Fsp3) is 0.750. The minimum Gasteiger partial charge on any atom is -0.382 e. The monoisotopic (exact) mass is 185 g/mol. The molecule has 0 aromatic carbocycles. The molecule has 13 heavy (non-hydrogen) atoms. The van der Waals surface area contributed by atoms with Gasteiger partial charge in [-0.2, -0.15) is 0 Å². The minimum absolute atomic E-state index is 0.0634. The first-order valence-electron chi connectivity index (χ1n) is 4.18. The van der Waals surface area contributed by atoms with Crippen molar-refractivity contribution in [2.24, 2.45) is 16.6 Å². The van der Waals surface area contributed by atoms with E-state index in [4.69, 9.17) is 10.5 Å². The maximum absolute atomic E-state index is 11.6. The number of carbonyl (C=O) groups is 1. The molecule has 0 radical (unpaired) electrons. The van der Waals surface area contributed by atoms with Crippen LogP contribution in [0.3, 0.4) is 0 Å². The molecule has 3 N–H and O–H groups in total. The molecule has 1 aliphatic rings. The summed E-state index contributed by atoms with van der Waals surface area (Å²) in [6, 6.07) is 0. The molecule has 0 aliphatic carbocycles. The van der Waals surface area contributed by atoms with Crippen molar-refractivity contribution in [1.29, 1.82) is 0 Å². The average molecular weight is 185 g/mol. The van der Waals surface area contributed by atoms with Crippen molar-refractivity contribution in [3.63, 3.8) is 0 Å². The van der Waals surface area contributed by atoms with Gasteiger partial charge in [0.2, 0.25) is 0 Å². The van der Waals surface area contributed by atoms with Crippen LogP contribution in [0.15, 0.2) is 4.99 Å². The van der Waals surface area contributed by atoms with Gasteiger partial charge in [-0.3, -0.25) is 10.1 Å². The molecule has 5 heteroatoms. The summed E-state index contributed by atoms with van der Waals surface area (Å²) in [7, 11) is 1.54. The first-order chi connectivity index (χ1) is 6.03. The van der Waals surface area contributed by atoms with Crippen LogP contribution in [0.1, 0.15) is 13.8 Å². The number of ether oxygens (including phenoxy) is 1. The van der Waals surface area contributed by atoms with Gasteiger partial charge in [0.25, 0.3) is 5.91 Å². The van der Waals surface area contributed by atoms with Crippen LogP contribution < -0.4 is 11.1 Å². The molecule has 0 fully saturated rings.